The molecule has 0 bridgehead atoms. The summed E-state index contributed by atoms with van der Waals surface area (Å²) in [6.45, 7) is 3.76. The number of halogens is 1. The van der Waals surface area contributed by atoms with Gasteiger partial charge >= 0.3 is 0 Å². The zero-order valence-electron chi connectivity index (χ0n) is 16.8. The molecule has 1 aromatic heterocycles. The van der Waals surface area contributed by atoms with Crippen LogP contribution >= 0.6 is 11.8 Å². The topological polar surface area (TPSA) is 92.3 Å². The van der Waals surface area contributed by atoms with Gasteiger partial charge in [-0.15, -0.1) is 0 Å². The summed E-state index contributed by atoms with van der Waals surface area (Å²) in [6, 6.07) is 11.3. The number of anilines is 2. The van der Waals surface area contributed by atoms with Crippen molar-refractivity contribution in [2.24, 2.45) is 0 Å². The van der Waals surface area contributed by atoms with Gasteiger partial charge in [0.2, 0.25) is 5.91 Å². The van der Waals surface area contributed by atoms with Crippen molar-refractivity contribution in [1.82, 2.24) is 9.97 Å². The lowest BCUT2D eigenvalue weighted by Crippen LogP contribution is -2.34. The van der Waals surface area contributed by atoms with Crippen LogP contribution in [-0.2, 0) is 14.8 Å². The Balaban J connectivity index is 1.57. The molecule has 1 N–H and O–H groups in total. The molecule has 4 rings (SSSR count). The standard InChI is InChI=1S/C21H19FN4O3S2/c1-3-26-17-7-5-4-6-15(17)20-18(31(26,28)29)11-23-21(25-20)30-12-19(27)24-16-9-8-14(22)10-13(16)2/h4-11H,3,12H2,1-2H3,(H,24,27). The predicted molar refractivity (Wildman–Crippen MR) is 118 cm³/mol. The fraction of sp³-hybridized carbons (Fsp3) is 0.190. The number of carbonyl (C=O) groups excluding carboxylic acids is 1. The van der Waals surface area contributed by atoms with E-state index in [0.29, 0.717) is 33.4 Å². The number of carbonyl (C=O) groups is 1. The second-order valence-corrected chi connectivity index (χ2v) is 9.62. The summed E-state index contributed by atoms with van der Waals surface area (Å²) in [5, 5.41) is 3.02. The number of aromatic nitrogens is 2. The van der Waals surface area contributed by atoms with Gasteiger partial charge in [0.15, 0.2) is 5.16 Å². The maximum Gasteiger partial charge on any atom is 0.268 e. The molecule has 31 heavy (non-hydrogen) atoms. The van der Waals surface area contributed by atoms with Gasteiger partial charge in [0.05, 0.1) is 23.3 Å². The van der Waals surface area contributed by atoms with Crippen LogP contribution in [0.4, 0.5) is 15.8 Å². The molecule has 0 saturated carbocycles. The Labute approximate surface area is 183 Å². The molecule has 1 aliphatic heterocycles. The quantitative estimate of drug-likeness (QED) is 0.461. The summed E-state index contributed by atoms with van der Waals surface area (Å²) >= 11 is 1.09. The number of aryl methyl sites for hydroxylation is 1. The number of hydrogen-bond donors (Lipinski definition) is 1. The molecule has 2 aromatic carbocycles. The maximum atomic E-state index is 13.2. The van der Waals surface area contributed by atoms with Crippen molar-refractivity contribution in [2.75, 3.05) is 21.9 Å². The second-order valence-electron chi connectivity index (χ2n) is 6.85. The largest absolute Gasteiger partial charge is 0.325 e. The minimum absolute atomic E-state index is 0.0189. The number of fused-ring (bicyclic) bond motifs is 3. The number of amides is 1. The van der Waals surface area contributed by atoms with E-state index in [9.17, 15) is 17.6 Å². The first-order valence-corrected chi connectivity index (χ1v) is 11.9. The third kappa shape index (κ3) is 4.00. The lowest BCUT2D eigenvalue weighted by molar-refractivity contribution is -0.113. The number of nitrogens with zero attached hydrogens (tertiary/aromatic N) is 3. The smallest absolute Gasteiger partial charge is 0.268 e. The van der Waals surface area contributed by atoms with Crippen LogP contribution in [0, 0.1) is 12.7 Å². The number of thioether (sulfide) groups is 1. The molecule has 0 atom stereocenters. The highest BCUT2D eigenvalue weighted by atomic mass is 32.2. The van der Waals surface area contributed by atoms with Crippen LogP contribution in [0.2, 0.25) is 0 Å². The Morgan fingerprint density at radius 2 is 2.00 bits per heavy atom. The van der Waals surface area contributed by atoms with Gasteiger partial charge in [-0.25, -0.2) is 22.8 Å². The zero-order valence-corrected chi connectivity index (χ0v) is 18.4. The molecule has 2 heterocycles. The molecular formula is C21H19FN4O3S2. The van der Waals surface area contributed by atoms with Gasteiger partial charge in [0, 0.05) is 17.8 Å². The first-order chi connectivity index (χ1) is 14.8. The molecular weight excluding hydrogens is 439 g/mol. The summed E-state index contributed by atoms with van der Waals surface area (Å²) in [6.07, 6.45) is 1.29. The number of hydrogen-bond acceptors (Lipinski definition) is 6. The summed E-state index contributed by atoms with van der Waals surface area (Å²) in [7, 11) is -3.75. The van der Waals surface area contributed by atoms with Crippen LogP contribution < -0.4 is 9.62 Å². The number of benzene rings is 2. The predicted octanol–water partition coefficient (Wildman–Crippen LogP) is 3.85. The Hall–Kier alpha value is -2.98. The van der Waals surface area contributed by atoms with E-state index in [1.54, 1.807) is 26.0 Å². The van der Waals surface area contributed by atoms with Crippen LogP contribution in [0.25, 0.3) is 11.3 Å². The number of sulfonamides is 1. The Bertz CT molecular complexity index is 1280. The lowest BCUT2D eigenvalue weighted by Gasteiger charge is -2.30. The van der Waals surface area contributed by atoms with Gasteiger partial charge in [0.25, 0.3) is 10.0 Å². The first-order valence-electron chi connectivity index (χ1n) is 9.49. The fourth-order valence-corrected chi connectivity index (χ4v) is 5.57. The molecule has 1 aliphatic rings. The van der Waals surface area contributed by atoms with Gasteiger partial charge in [-0.05, 0) is 43.7 Å². The monoisotopic (exact) mass is 458 g/mol. The summed E-state index contributed by atoms with van der Waals surface area (Å²) in [4.78, 5) is 21.0. The van der Waals surface area contributed by atoms with E-state index in [2.05, 4.69) is 15.3 Å². The average molecular weight is 459 g/mol. The SMILES string of the molecule is CCN1c2ccccc2-c2nc(SCC(=O)Nc3ccc(F)cc3C)ncc2S1(=O)=O. The van der Waals surface area contributed by atoms with Crippen molar-refractivity contribution < 1.29 is 17.6 Å². The molecule has 10 heteroatoms. The van der Waals surface area contributed by atoms with E-state index >= 15 is 0 Å². The molecule has 0 spiro atoms. The summed E-state index contributed by atoms with van der Waals surface area (Å²) in [5.41, 5.74) is 2.73. The van der Waals surface area contributed by atoms with Crippen molar-refractivity contribution in [3.8, 4) is 11.3 Å². The van der Waals surface area contributed by atoms with Gasteiger partial charge in [-0.2, -0.15) is 0 Å². The highest BCUT2D eigenvalue weighted by Gasteiger charge is 2.35. The van der Waals surface area contributed by atoms with Gasteiger partial charge < -0.3 is 5.32 Å². The van der Waals surface area contributed by atoms with Crippen LogP contribution in [0.3, 0.4) is 0 Å². The number of rotatable bonds is 5. The van der Waals surface area contributed by atoms with Gasteiger partial charge in [-0.1, -0.05) is 30.0 Å². The van der Waals surface area contributed by atoms with E-state index in [1.807, 2.05) is 12.1 Å². The van der Waals surface area contributed by atoms with E-state index in [0.717, 1.165) is 11.8 Å². The van der Waals surface area contributed by atoms with Gasteiger partial charge in [0.1, 0.15) is 10.7 Å². The summed E-state index contributed by atoms with van der Waals surface area (Å²) < 4.78 is 40.5. The molecule has 1 amide bonds. The number of nitrogens with one attached hydrogen (secondary N) is 1. The highest BCUT2D eigenvalue weighted by Crippen LogP contribution is 2.41. The van der Waals surface area contributed by atoms with Crippen LogP contribution in [-0.4, -0.2) is 36.6 Å². The molecule has 0 aliphatic carbocycles. The van der Waals surface area contributed by atoms with Crippen molar-refractivity contribution >= 4 is 39.1 Å². The third-order valence-electron chi connectivity index (χ3n) is 4.81. The molecule has 160 valence electrons. The summed E-state index contributed by atoms with van der Waals surface area (Å²) in [5.74, 6) is -0.652. The Morgan fingerprint density at radius 3 is 2.74 bits per heavy atom. The minimum atomic E-state index is -3.75. The minimum Gasteiger partial charge on any atom is -0.325 e. The molecule has 0 radical (unpaired) electrons. The molecule has 0 fully saturated rings. The van der Waals surface area contributed by atoms with Gasteiger partial charge in [-0.3, -0.25) is 9.10 Å². The van der Waals surface area contributed by atoms with Crippen molar-refractivity contribution in [2.45, 2.75) is 23.9 Å². The molecule has 3 aromatic rings. The normalized spacial score (nSPS) is 14.0. The first kappa shape index (κ1) is 21.3. The van der Waals surface area contributed by atoms with E-state index in [1.165, 1.54) is 28.7 Å². The van der Waals surface area contributed by atoms with E-state index in [-0.39, 0.29) is 28.9 Å². The van der Waals surface area contributed by atoms with Crippen molar-refractivity contribution in [3.63, 3.8) is 0 Å². The lowest BCUT2D eigenvalue weighted by atomic mass is 10.1. The van der Waals surface area contributed by atoms with Crippen LogP contribution in [0.15, 0.2) is 58.7 Å². The Morgan fingerprint density at radius 1 is 1.23 bits per heavy atom. The molecule has 7 nitrogen and oxygen atoms in total. The van der Waals surface area contributed by atoms with Crippen LogP contribution in [0.1, 0.15) is 12.5 Å². The molecule has 0 saturated heterocycles. The number of para-hydroxylation sites is 1. The van der Waals surface area contributed by atoms with Crippen molar-refractivity contribution in [1.29, 1.82) is 0 Å². The van der Waals surface area contributed by atoms with E-state index < -0.39 is 10.0 Å². The van der Waals surface area contributed by atoms with Crippen molar-refractivity contribution in [3.05, 3.63) is 60.0 Å². The average Bonchev–Trinajstić information content (AvgIpc) is 2.74. The third-order valence-corrected chi connectivity index (χ3v) is 7.56. The second kappa shape index (κ2) is 8.27. The zero-order chi connectivity index (χ0) is 22.2. The highest BCUT2D eigenvalue weighted by molar-refractivity contribution is 7.99. The van der Waals surface area contributed by atoms with Crippen LogP contribution in [0.5, 0.6) is 0 Å². The maximum absolute atomic E-state index is 13.2. The molecule has 0 unspecified atom stereocenters. The fourth-order valence-electron chi connectivity index (χ4n) is 3.37. The Kier molecular flexibility index (Phi) is 5.67. The van der Waals surface area contributed by atoms with E-state index in [4.69, 9.17) is 0 Å².